The Balaban J connectivity index is 1.71. The minimum absolute atomic E-state index is 0.0500. The van der Waals surface area contributed by atoms with Gasteiger partial charge in [0.1, 0.15) is 5.41 Å². The molecular formula is C26H36BN5O4. The molecule has 2 aromatic carbocycles. The second-order valence-electron chi connectivity index (χ2n) is 9.32. The van der Waals surface area contributed by atoms with Gasteiger partial charge in [0.15, 0.2) is 5.96 Å². The average molecular weight is 493 g/mol. The summed E-state index contributed by atoms with van der Waals surface area (Å²) >= 11 is 0. The second-order valence-corrected chi connectivity index (χ2v) is 9.32. The first-order valence-electron chi connectivity index (χ1n) is 12.4. The van der Waals surface area contributed by atoms with Gasteiger partial charge in [-0.25, -0.2) is 0 Å². The highest BCUT2D eigenvalue weighted by Crippen LogP contribution is 2.39. The van der Waals surface area contributed by atoms with E-state index in [1.807, 2.05) is 60.7 Å². The summed E-state index contributed by atoms with van der Waals surface area (Å²) in [6, 6.07) is 19.9. The summed E-state index contributed by atoms with van der Waals surface area (Å²) in [6.07, 6.45) is 3.01. The second kappa shape index (κ2) is 13.1. The van der Waals surface area contributed by atoms with Crippen LogP contribution in [0.5, 0.6) is 0 Å². The van der Waals surface area contributed by atoms with Gasteiger partial charge < -0.3 is 32.1 Å². The van der Waals surface area contributed by atoms with Gasteiger partial charge in [0.25, 0.3) is 0 Å². The molecule has 1 aliphatic carbocycles. The van der Waals surface area contributed by atoms with E-state index in [-0.39, 0.29) is 24.2 Å². The van der Waals surface area contributed by atoms with E-state index >= 15 is 0 Å². The van der Waals surface area contributed by atoms with Crippen LogP contribution in [0.25, 0.3) is 0 Å². The molecule has 192 valence electrons. The first-order chi connectivity index (χ1) is 17.3. The van der Waals surface area contributed by atoms with Crippen molar-refractivity contribution in [2.45, 2.75) is 50.4 Å². The molecule has 3 rings (SSSR count). The Bertz CT molecular complexity index is 970. The molecule has 0 saturated heterocycles. The molecule has 1 saturated carbocycles. The van der Waals surface area contributed by atoms with Crippen LogP contribution in [0, 0.1) is 5.41 Å². The zero-order valence-electron chi connectivity index (χ0n) is 20.5. The monoisotopic (exact) mass is 493 g/mol. The summed E-state index contributed by atoms with van der Waals surface area (Å²) in [7, 11) is -1.77. The van der Waals surface area contributed by atoms with E-state index in [9.17, 15) is 19.6 Å². The lowest BCUT2D eigenvalue weighted by Gasteiger charge is -2.30. The van der Waals surface area contributed by atoms with Crippen LogP contribution in [-0.2, 0) is 9.59 Å². The van der Waals surface area contributed by atoms with Crippen molar-refractivity contribution in [2.24, 2.45) is 21.9 Å². The highest BCUT2D eigenvalue weighted by Gasteiger charge is 2.49. The molecule has 9 nitrogen and oxygen atoms in total. The lowest BCUT2D eigenvalue weighted by atomic mass is 9.75. The number of hydrogen-bond donors (Lipinski definition) is 6. The number of aliphatic imine (C=N–C) groups is 1. The predicted octanol–water partition coefficient (Wildman–Crippen LogP) is 1.05. The molecule has 2 aromatic rings. The standard InChI is InChI=1S/C26H36BN5O4/c28-25(29)30-17-9-14-22(27(35)36)32-24(34)26(15-7-8-16-26)23(33)31-18-21(19-10-3-1-4-11-19)20-12-5-2-6-13-20/h1-6,10-13,21-22,35-36H,7-9,14-18H2,(H,31,33)(H,32,34)(H4,28,29,30). The average Bonchev–Trinajstić information content (AvgIpc) is 3.38. The van der Waals surface area contributed by atoms with Crippen LogP contribution in [0.1, 0.15) is 55.6 Å². The van der Waals surface area contributed by atoms with Crippen molar-refractivity contribution < 1.29 is 19.6 Å². The molecule has 1 fully saturated rings. The Labute approximate surface area is 212 Å². The third kappa shape index (κ3) is 7.08. The molecular weight excluding hydrogens is 457 g/mol. The number of nitrogens with zero attached hydrogens (tertiary/aromatic N) is 1. The van der Waals surface area contributed by atoms with Crippen LogP contribution in [0.4, 0.5) is 0 Å². The number of benzene rings is 2. The summed E-state index contributed by atoms with van der Waals surface area (Å²) in [4.78, 5) is 30.8. The van der Waals surface area contributed by atoms with Crippen LogP contribution in [-0.4, -0.2) is 54.0 Å². The van der Waals surface area contributed by atoms with E-state index < -0.39 is 24.4 Å². The summed E-state index contributed by atoms with van der Waals surface area (Å²) in [5.74, 6) is -1.86. The van der Waals surface area contributed by atoms with E-state index in [1.165, 1.54) is 0 Å². The highest BCUT2D eigenvalue weighted by molar-refractivity contribution is 6.43. The number of guanidine groups is 1. The van der Waals surface area contributed by atoms with Crippen molar-refractivity contribution in [3.8, 4) is 0 Å². The Hall–Kier alpha value is -3.37. The fraction of sp³-hybridized carbons (Fsp3) is 0.423. The number of nitrogens with one attached hydrogen (secondary N) is 2. The van der Waals surface area contributed by atoms with Crippen molar-refractivity contribution >= 4 is 24.9 Å². The molecule has 2 amide bonds. The molecule has 0 radical (unpaired) electrons. The van der Waals surface area contributed by atoms with Crippen molar-refractivity contribution in [1.29, 1.82) is 0 Å². The zero-order valence-corrected chi connectivity index (χ0v) is 20.5. The third-order valence-electron chi connectivity index (χ3n) is 6.84. The summed E-state index contributed by atoms with van der Waals surface area (Å²) in [6.45, 7) is 0.639. The van der Waals surface area contributed by atoms with Crippen LogP contribution in [0.3, 0.4) is 0 Å². The molecule has 36 heavy (non-hydrogen) atoms. The largest absolute Gasteiger partial charge is 0.475 e. The van der Waals surface area contributed by atoms with Crippen molar-refractivity contribution in [1.82, 2.24) is 10.6 Å². The summed E-state index contributed by atoms with van der Waals surface area (Å²) in [5.41, 5.74) is 11.5. The number of carbonyl (C=O) groups excluding carboxylic acids is 2. The van der Waals surface area contributed by atoms with E-state index in [2.05, 4.69) is 15.6 Å². The smallest absolute Gasteiger partial charge is 0.426 e. The van der Waals surface area contributed by atoms with E-state index in [0.717, 1.165) is 24.0 Å². The maximum absolute atomic E-state index is 13.5. The SMILES string of the molecule is NC(N)=NCCCC(NC(=O)C1(C(=O)NCC(c2ccccc2)c2ccccc2)CCCC1)B(O)O. The van der Waals surface area contributed by atoms with Gasteiger partial charge in [-0.3, -0.25) is 14.6 Å². The first-order valence-corrected chi connectivity index (χ1v) is 12.4. The molecule has 1 unspecified atom stereocenters. The minimum Gasteiger partial charge on any atom is -0.426 e. The molecule has 8 N–H and O–H groups in total. The lowest BCUT2D eigenvalue weighted by molar-refractivity contribution is -0.143. The van der Waals surface area contributed by atoms with Gasteiger partial charge in [0.2, 0.25) is 11.8 Å². The number of hydrogen-bond acceptors (Lipinski definition) is 5. The fourth-order valence-electron chi connectivity index (χ4n) is 4.82. The van der Waals surface area contributed by atoms with Crippen molar-refractivity contribution in [2.75, 3.05) is 13.1 Å². The molecule has 0 spiro atoms. The van der Waals surface area contributed by atoms with Crippen LogP contribution in [0.15, 0.2) is 65.7 Å². The van der Waals surface area contributed by atoms with Crippen LogP contribution < -0.4 is 22.1 Å². The molecule has 0 bridgehead atoms. The van der Waals surface area contributed by atoms with E-state index in [4.69, 9.17) is 11.5 Å². The van der Waals surface area contributed by atoms with Gasteiger partial charge >= 0.3 is 7.12 Å². The highest BCUT2D eigenvalue weighted by atomic mass is 16.4. The van der Waals surface area contributed by atoms with Gasteiger partial charge in [-0.05, 0) is 36.8 Å². The Morgan fingerprint density at radius 1 is 0.944 bits per heavy atom. The summed E-state index contributed by atoms with van der Waals surface area (Å²) in [5, 5.41) is 25.4. The molecule has 1 aliphatic rings. The van der Waals surface area contributed by atoms with Crippen molar-refractivity contribution in [3.63, 3.8) is 0 Å². The molecule has 0 aromatic heterocycles. The molecule has 1 atom stereocenters. The normalized spacial score (nSPS) is 15.2. The number of amides is 2. The zero-order chi connectivity index (χ0) is 26.0. The number of nitrogens with two attached hydrogens (primary N) is 2. The lowest BCUT2D eigenvalue weighted by Crippen LogP contribution is -2.56. The first kappa shape index (κ1) is 27.2. The van der Waals surface area contributed by atoms with Gasteiger partial charge in [0.05, 0.1) is 5.94 Å². The van der Waals surface area contributed by atoms with Crippen LogP contribution in [0.2, 0.25) is 0 Å². The quantitative estimate of drug-likeness (QED) is 0.0851. The maximum Gasteiger partial charge on any atom is 0.475 e. The molecule has 0 aliphatic heterocycles. The Morgan fingerprint density at radius 3 is 2.00 bits per heavy atom. The number of carbonyl (C=O) groups is 2. The van der Waals surface area contributed by atoms with Gasteiger partial charge in [-0.1, -0.05) is 73.5 Å². The Morgan fingerprint density at radius 2 is 1.50 bits per heavy atom. The van der Waals surface area contributed by atoms with Crippen molar-refractivity contribution in [3.05, 3.63) is 71.8 Å². The minimum atomic E-state index is -1.77. The molecule has 10 heteroatoms. The van der Waals surface area contributed by atoms with E-state index in [0.29, 0.717) is 32.4 Å². The summed E-state index contributed by atoms with van der Waals surface area (Å²) < 4.78 is 0. The van der Waals surface area contributed by atoms with E-state index in [1.54, 1.807) is 0 Å². The Kier molecular flexibility index (Phi) is 9.90. The maximum atomic E-state index is 13.5. The molecule has 0 heterocycles. The van der Waals surface area contributed by atoms with Gasteiger partial charge in [0, 0.05) is 19.0 Å². The van der Waals surface area contributed by atoms with Gasteiger partial charge in [-0.2, -0.15) is 0 Å². The topological polar surface area (TPSA) is 163 Å². The number of rotatable bonds is 12. The fourth-order valence-corrected chi connectivity index (χ4v) is 4.82. The third-order valence-corrected chi connectivity index (χ3v) is 6.84. The predicted molar refractivity (Wildman–Crippen MR) is 141 cm³/mol. The van der Waals surface area contributed by atoms with Gasteiger partial charge in [-0.15, -0.1) is 0 Å². The van der Waals surface area contributed by atoms with Crippen LogP contribution >= 0.6 is 0 Å².